The van der Waals surface area contributed by atoms with Gasteiger partial charge in [-0.15, -0.1) is 0 Å². The smallest absolute Gasteiger partial charge is 0.357 e. The number of pyridine rings is 1. The normalized spacial score (nSPS) is 22.9. The summed E-state index contributed by atoms with van der Waals surface area (Å²) in [5.41, 5.74) is -0.221. The molecule has 0 amide bonds. The summed E-state index contributed by atoms with van der Waals surface area (Å²) >= 11 is 0. The minimum atomic E-state index is -4.28. The maximum absolute atomic E-state index is 13.2. The summed E-state index contributed by atoms with van der Waals surface area (Å²) in [6, 6.07) is 9.42. The number of hydrogen-bond acceptors (Lipinski definition) is 6. The van der Waals surface area contributed by atoms with E-state index < -0.39 is 31.9 Å². The minimum Gasteiger partial charge on any atom is -0.501 e. The molecule has 10 heteroatoms. The standard InChI is InChI=1S/C18H15N3O6S/c1-20-13(18(24)25)15(23)14-16(28(20,26)27)10-6-3-4-7-11(10)21(14,2)17-12(22)8-5-9-19-17/h3-9H,1-2H3,(H2-,22,23,24,25)/p+1. The van der Waals surface area contributed by atoms with Gasteiger partial charge in [0.05, 0.1) is 12.6 Å². The van der Waals surface area contributed by atoms with Gasteiger partial charge in [-0.05, 0) is 18.2 Å². The second kappa shape index (κ2) is 5.57. The van der Waals surface area contributed by atoms with Gasteiger partial charge in [0.25, 0.3) is 15.8 Å². The molecule has 9 nitrogen and oxygen atoms in total. The van der Waals surface area contributed by atoms with Crippen molar-refractivity contribution in [1.82, 2.24) is 13.8 Å². The first-order valence-corrected chi connectivity index (χ1v) is 9.59. The molecule has 1 aromatic heterocycles. The van der Waals surface area contributed by atoms with E-state index in [4.69, 9.17) is 0 Å². The third-order valence-electron chi connectivity index (χ3n) is 5.07. The number of sulfonamides is 1. The molecule has 0 aliphatic carbocycles. The molecule has 0 fully saturated rings. The van der Waals surface area contributed by atoms with E-state index in [0.717, 1.165) is 7.05 Å². The molecule has 1 atom stereocenters. The number of fused-ring (bicyclic) bond motifs is 2. The summed E-state index contributed by atoms with van der Waals surface area (Å²) in [6.07, 6.45) is 1.42. The zero-order valence-electron chi connectivity index (χ0n) is 14.9. The van der Waals surface area contributed by atoms with Crippen LogP contribution < -0.4 is 4.48 Å². The van der Waals surface area contributed by atoms with Crippen LogP contribution in [0.3, 0.4) is 0 Å². The number of benzene rings is 1. The number of aromatic hydroxyl groups is 1. The topological polar surface area (TPSA) is 128 Å². The number of rotatable bonds is 2. The maximum atomic E-state index is 13.2. The summed E-state index contributed by atoms with van der Waals surface area (Å²) in [6.45, 7) is 0. The van der Waals surface area contributed by atoms with Crippen LogP contribution in [-0.2, 0) is 14.8 Å². The zero-order valence-corrected chi connectivity index (χ0v) is 15.7. The number of aliphatic carboxylic acids is 1. The SMILES string of the molecule is CN1C(C(=O)O)=C(O)C2=C(c3ccccc3[N+]2(C)c2ncccc2O)S1(=O)=O. The summed E-state index contributed by atoms with van der Waals surface area (Å²) in [4.78, 5) is 15.7. The van der Waals surface area contributed by atoms with Gasteiger partial charge in [-0.1, -0.05) is 12.1 Å². The van der Waals surface area contributed by atoms with E-state index in [2.05, 4.69) is 4.98 Å². The first-order chi connectivity index (χ1) is 13.1. The number of aromatic nitrogens is 1. The van der Waals surface area contributed by atoms with Crippen LogP contribution in [0.25, 0.3) is 4.91 Å². The third kappa shape index (κ3) is 2.01. The van der Waals surface area contributed by atoms with Crippen LogP contribution in [-0.4, -0.2) is 53.1 Å². The lowest BCUT2D eigenvalue weighted by Crippen LogP contribution is -2.43. The number of likely N-dealkylation sites (N-methyl/N-ethyl adjacent to an activating group) is 2. The molecule has 2 aliphatic heterocycles. The molecule has 0 bridgehead atoms. The van der Waals surface area contributed by atoms with Crippen LogP contribution >= 0.6 is 0 Å². The molecule has 0 radical (unpaired) electrons. The third-order valence-corrected chi connectivity index (χ3v) is 6.90. The monoisotopic (exact) mass is 402 g/mol. The molecule has 0 spiro atoms. The van der Waals surface area contributed by atoms with Crippen molar-refractivity contribution in [3.8, 4) is 5.75 Å². The molecule has 3 N–H and O–H groups in total. The van der Waals surface area contributed by atoms with Gasteiger partial charge in [0.2, 0.25) is 11.5 Å². The number of aliphatic hydroxyl groups is 1. The minimum absolute atomic E-state index is 0.0518. The van der Waals surface area contributed by atoms with Crippen LogP contribution in [0.2, 0.25) is 0 Å². The fraction of sp³-hybridized carbons (Fsp3) is 0.111. The number of para-hydroxylation sites is 1. The molecule has 2 aromatic rings. The van der Waals surface area contributed by atoms with Gasteiger partial charge < -0.3 is 15.3 Å². The molecular weight excluding hydrogens is 386 g/mol. The quantitative estimate of drug-likeness (QED) is 0.654. The summed E-state index contributed by atoms with van der Waals surface area (Å²) in [5.74, 6) is -2.48. The van der Waals surface area contributed by atoms with E-state index in [-0.39, 0.29) is 22.2 Å². The number of quaternary nitrogens is 1. The summed E-state index contributed by atoms with van der Waals surface area (Å²) in [5, 5.41) is 30.8. The Hall–Kier alpha value is -3.37. The highest BCUT2D eigenvalue weighted by molar-refractivity contribution is 7.98. The van der Waals surface area contributed by atoms with Crippen molar-refractivity contribution in [3.63, 3.8) is 0 Å². The lowest BCUT2D eigenvalue weighted by Gasteiger charge is -2.33. The molecule has 1 unspecified atom stereocenters. The number of carbonyl (C=O) groups is 1. The molecule has 3 heterocycles. The Morgan fingerprint density at radius 2 is 1.82 bits per heavy atom. The lowest BCUT2D eigenvalue weighted by atomic mass is 10.2. The zero-order chi connectivity index (χ0) is 20.4. The molecule has 2 aliphatic rings. The van der Waals surface area contributed by atoms with Gasteiger partial charge in [0, 0.05) is 19.3 Å². The first kappa shape index (κ1) is 18.0. The Bertz CT molecular complexity index is 1220. The number of carboxylic acid groups (broad SMARTS) is 1. The van der Waals surface area contributed by atoms with Crippen LogP contribution in [0.1, 0.15) is 5.56 Å². The van der Waals surface area contributed by atoms with E-state index in [1.54, 1.807) is 31.3 Å². The van der Waals surface area contributed by atoms with Crippen molar-refractivity contribution < 1.29 is 28.5 Å². The van der Waals surface area contributed by atoms with Crippen molar-refractivity contribution in [1.29, 1.82) is 0 Å². The highest BCUT2D eigenvalue weighted by atomic mass is 32.2. The maximum Gasteiger partial charge on any atom is 0.357 e. The van der Waals surface area contributed by atoms with Crippen molar-refractivity contribution in [2.45, 2.75) is 0 Å². The van der Waals surface area contributed by atoms with Gasteiger partial charge in [0.15, 0.2) is 22.0 Å². The van der Waals surface area contributed by atoms with E-state index in [0.29, 0.717) is 15.6 Å². The molecule has 4 rings (SSSR count). The lowest BCUT2D eigenvalue weighted by molar-refractivity contribution is -0.134. The predicted octanol–water partition coefficient (Wildman–Crippen LogP) is 1.87. The Balaban J connectivity index is 2.21. The van der Waals surface area contributed by atoms with E-state index in [1.165, 1.54) is 18.3 Å². The molecule has 1 aromatic carbocycles. The molecular formula is C18H16N3O6S+. The molecule has 0 saturated carbocycles. The number of nitrogens with zero attached hydrogens (tertiary/aromatic N) is 3. The van der Waals surface area contributed by atoms with Crippen molar-refractivity contribution in [2.75, 3.05) is 14.1 Å². The number of hydrogen-bond donors (Lipinski definition) is 3. The van der Waals surface area contributed by atoms with Gasteiger partial charge >= 0.3 is 5.97 Å². The first-order valence-electron chi connectivity index (χ1n) is 8.15. The Morgan fingerprint density at radius 1 is 1.14 bits per heavy atom. The van der Waals surface area contributed by atoms with Gasteiger partial charge in [-0.25, -0.2) is 22.7 Å². The van der Waals surface area contributed by atoms with Gasteiger partial charge in [0.1, 0.15) is 0 Å². The number of carboxylic acids is 1. The average Bonchev–Trinajstić information content (AvgIpc) is 2.92. The highest BCUT2D eigenvalue weighted by Crippen LogP contribution is 2.56. The summed E-state index contributed by atoms with van der Waals surface area (Å²) in [7, 11) is -1.67. The highest BCUT2D eigenvalue weighted by Gasteiger charge is 2.57. The van der Waals surface area contributed by atoms with Crippen LogP contribution in [0.15, 0.2) is 59.7 Å². The second-order valence-electron chi connectivity index (χ2n) is 6.52. The molecule has 0 saturated heterocycles. The second-order valence-corrected chi connectivity index (χ2v) is 8.43. The average molecular weight is 402 g/mol. The van der Waals surface area contributed by atoms with Gasteiger partial charge in [-0.3, -0.25) is 4.31 Å². The van der Waals surface area contributed by atoms with Crippen LogP contribution in [0.5, 0.6) is 5.75 Å². The van der Waals surface area contributed by atoms with Crippen LogP contribution in [0.4, 0.5) is 11.5 Å². The fourth-order valence-corrected chi connectivity index (χ4v) is 5.45. The Morgan fingerprint density at radius 3 is 2.46 bits per heavy atom. The predicted molar refractivity (Wildman–Crippen MR) is 101 cm³/mol. The fourth-order valence-electron chi connectivity index (χ4n) is 3.79. The van der Waals surface area contributed by atoms with Crippen LogP contribution in [0, 0.1) is 0 Å². The molecule has 144 valence electrons. The van der Waals surface area contributed by atoms with Crippen molar-refractivity contribution >= 4 is 32.4 Å². The Labute approximate surface area is 160 Å². The van der Waals surface area contributed by atoms with E-state index >= 15 is 0 Å². The Kier molecular flexibility index (Phi) is 3.58. The van der Waals surface area contributed by atoms with Crippen molar-refractivity contribution in [2.24, 2.45) is 0 Å². The number of aliphatic hydroxyl groups excluding tert-OH is 1. The van der Waals surface area contributed by atoms with Crippen molar-refractivity contribution in [3.05, 3.63) is 65.3 Å². The summed E-state index contributed by atoms with van der Waals surface area (Å²) < 4.78 is 26.4. The molecule has 28 heavy (non-hydrogen) atoms. The largest absolute Gasteiger partial charge is 0.501 e. The van der Waals surface area contributed by atoms with E-state index in [9.17, 15) is 28.5 Å². The van der Waals surface area contributed by atoms with E-state index in [1.807, 2.05) is 0 Å². The van der Waals surface area contributed by atoms with Gasteiger partial charge in [-0.2, -0.15) is 0 Å².